The summed E-state index contributed by atoms with van der Waals surface area (Å²) in [5.74, 6) is 0.359. The molecule has 0 saturated carbocycles. The molecule has 0 aliphatic heterocycles. The molecule has 7 heteroatoms. The normalized spacial score (nSPS) is 10.5. The zero-order valence-electron chi connectivity index (χ0n) is 11.3. The molecular weight excluding hydrogens is 260 g/mol. The van der Waals surface area contributed by atoms with Crippen molar-refractivity contribution < 1.29 is 9.90 Å². The molecule has 20 heavy (non-hydrogen) atoms. The number of aryl methyl sites for hydroxylation is 1. The number of hydrogen-bond donors (Lipinski definition) is 3. The van der Waals surface area contributed by atoms with Gasteiger partial charge in [-0.2, -0.15) is 5.10 Å². The van der Waals surface area contributed by atoms with Gasteiger partial charge in [-0.05, 0) is 24.6 Å². The fourth-order valence-electron chi connectivity index (χ4n) is 1.84. The molecule has 106 valence electrons. The monoisotopic (exact) mass is 276 g/mol. The van der Waals surface area contributed by atoms with Crippen molar-refractivity contribution in [2.24, 2.45) is 7.05 Å². The number of nitrogens with zero attached hydrogens (tertiary/aromatic N) is 2. The molecule has 0 bridgehead atoms. The van der Waals surface area contributed by atoms with Crippen LogP contribution in [-0.2, 0) is 13.5 Å². The van der Waals surface area contributed by atoms with Crippen molar-refractivity contribution >= 4 is 5.91 Å². The predicted molar refractivity (Wildman–Crippen MR) is 72.7 cm³/mol. The highest BCUT2D eigenvalue weighted by molar-refractivity contribution is 5.95. The first-order valence-electron chi connectivity index (χ1n) is 6.17. The van der Waals surface area contributed by atoms with E-state index in [9.17, 15) is 14.7 Å². The van der Waals surface area contributed by atoms with E-state index in [4.69, 9.17) is 0 Å². The average molecular weight is 276 g/mol. The number of aromatic hydroxyl groups is 1. The number of carbonyl (C=O) groups is 1. The van der Waals surface area contributed by atoms with E-state index < -0.39 is 0 Å². The lowest BCUT2D eigenvalue weighted by molar-refractivity contribution is 0.0953. The largest absolute Gasteiger partial charge is 0.508 e. The molecule has 0 aliphatic rings. The van der Waals surface area contributed by atoms with Crippen LogP contribution >= 0.6 is 0 Å². The third-order valence-corrected chi connectivity index (χ3v) is 3.07. The second kappa shape index (κ2) is 5.60. The topological polar surface area (TPSA) is 100 Å². The second-order valence-corrected chi connectivity index (χ2v) is 4.51. The summed E-state index contributed by atoms with van der Waals surface area (Å²) < 4.78 is 1.39. The van der Waals surface area contributed by atoms with Gasteiger partial charge in [-0.15, -0.1) is 0 Å². The standard InChI is InChI=1S/C13H16N4O3/c1-8-3-4-9(18)7-10(8)12(19)14-6-5-11-15-16-13(20)17(11)2/h3-4,7,18H,5-6H2,1-2H3,(H,14,19)(H,16,20). The lowest BCUT2D eigenvalue weighted by atomic mass is 10.1. The Morgan fingerprint density at radius 1 is 1.50 bits per heavy atom. The van der Waals surface area contributed by atoms with Gasteiger partial charge in [0.2, 0.25) is 0 Å². The number of aromatic nitrogens is 3. The van der Waals surface area contributed by atoms with Crippen LogP contribution in [0.3, 0.4) is 0 Å². The highest BCUT2D eigenvalue weighted by Gasteiger charge is 2.10. The number of carbonyl (C=O) groups excluding carboxylic acids is 1. The molecule has 2 rings (SSSR count). The van der Waals surface area contributed by atoms with Crippen molar-refractivity contribution in [3.63, 3.8) is 0 Å². The minimum Gasteiger partial charge on any atom is -0.508 e. The lowest BCUT2D eigenvalue weighted by Gasteiger charge is -2.07. The molecule has 0 fully saturated rings. The van der Waals surface area contributed by atoms with Crippen molar-refractivity contribution in [3.05, 3.63) is 45.6 Å². The van der Waals surface area contributed by atoms with Gasteiger partial charge in [-0.1, -0.05) is 6.07 Å². The molecule has 1 amide bonds. The quantitative estimate of drug-likeness (QED) is 0.737. The molecule has 0 spiro atoms. The maximum Gasteiger partial charge on any atom is 0.343 e. The van der Waals surface area contributed by atoms with Crippen LogP contribution < -0.4 is 11.0 Å². The average Bonchev–Trinajstić information content (AvgIpc) is 2.73. The van der Waals surface area contributed by atoms with Crippen LogP contribution in [0.15, 0.2) is 23.0 Å². The number of rotatable bonds is 4. The van der Waals surface area contributed by atoms with Crippen molar-refractivity contribution in [2.75, 3.05) is 6.54 Å². The van der Waals surface area contributed by atoms with E-state index in [1.54, 1.807) is 20.0 Å². The van der Waals surface area contributed by atoms with Crippen LogP contribution in [0.1, 0.15) is 21.7 Å². The highest BCUT2D eigenvalue weighted by atomic mass is 16.3. The number of amides is 1. The van der Waals surface area contributed by atoms with Crippen LogP contribution in [-0.4, -0.2) is 32.3 Å². The van der Waals surface area contributed by atoms with Crippen molar-refractivity contribution in [3.8, 4) is 5.75 Å². The van der Waals surface area contributed by atoms with E-state index in [1.165, 1.54) is 16.7 Å². The first-order valence-corrected chi connectivity index (χ1v) is 6.17. The minimum atomic E-state index is -0.282. The summed E-state index contributed by atoms with van der Waals surface area (Å²) >= 11 is 0. The Morgan fingerprint density at radius 2 is 2.25 bits per heavy atom. The summed E-state index contributed by atoms with van der Waals surface area (Å²) in [5, 5.41) is 18.3. The van der Waals surface area contributed by atoms with Crippen LogP contribution in [0.5, 0.6) is 5.75 Å². The number of benzene rings is 1. The Bertz CT molecular complexity index is 687. The molecule has 1 aromatic carbocycles. The smallest absolute Gasteiger partial charge is 0.343 e. The number of phenols is 1. The van der Waals surface area contributed by atoms with Gasteiger partial charge in [-0.3, -0.25) is 9.36 Å². The van der Waals surface area contributed by atoms with Crippen LogP contribution in [0.2, 0.25) is 0 Å². The van der Waals surface area contributed by atoms with E-state index >= 15 is 0 Å². The highest BCUT2D eigenvalue weighted by Crippen LogP contribution is 2.15. The molecule has 0 radical (unpaired) electrons. The molecule has 0 aliphatic carbocycles. The van der Waals surface area contributed by atoms with Crippen molar-refractivity contribution in [1.82, 2.24) is 20.1 Å². The van der Waals surface area contributed by atoms with Crippen molar-refractivity contribution in [1.29, 1.82) is 0 Å². The Hall–Kier alpha value is -2.57. The Kier molecular flexibility index (Phi) is 3.88. The first kappa shape index (κ1) is 13.9. The van der Waals surface area contributed by atoms with Gasteiger partial charge in [0, 0.05) is 25.6 Å². The molecule has 2 aromatic rings. The Morgan fingerprint density at radius 3 is 2.90 bits per heavy atom. The van der Waals surface area contributed by atoms with Gasteiger partial charge < -0.3 is 10.4 Å². The number of H-pyrrole nitrogens is 1. The van der Waals surface area contributed by atoms with E-state index in [0.717, 1.165) is 5.56 Å². The number of hydrogen-bond acceptors (Lipinski definition) is 4. The number of phenolic OH excluding ortho intramolecular Hbond substituents is 1. The van der Waals surface area contributed by atoms with Gasteiger partial charge in [-0.25, -0.2) is 9.89 Å². The van der Waals surface area contributed by atoms with Gasteiger partial charge in [0.15, 0.2) is 0 Å². The molecule has 7 nitrogen and oxygen atoms in total. The van der Waals surface area contributed by atoms with Gasteiger partial charge >= 0.3 is 5.69 Å². The zero-order valence-corrected chi connectivity index (χ0v) is 11.3. The van der Waals surface area contributed by atoms with Gasteiger partial charge in [0.05, 0.1) is 0 Å². The summed E-state index contributed by atoms with van der Waals surface area (Å²) in [7, 11) is 1.61. The first-order chi connectivity index (χ1) is 9.49. The molecule has 1 aromatic heterocycles. The van der Waals surface area contributed by atoms with Crippen molar-refractivity contribution in [2.45, 2.75) is 13.3 Å². The Balaban J connectivity index is 1.97. The molecule has 3 N–H and O–H groups in total. The molecule has 0 saturated heterocycles. The fourth-order valence-corrected chi connectivity index (χ4v) is 1.84. The minimum absolute atomic E-state index is 0.0513. The third-order valence-electron chi connectivity index (χ3n) is 3.07. The van der Waals surface area contributed by atoms with Crippen LogP contribution in [0.25, 0.3) is 0 Å². The number of nitrogens with one attached hydrogen (secondary N) is 2. The molecule has 0 unspecified atom stereocenters. The maximum absolute atomic E-state index is 12.0. The van der Waals surface area contributed by atoms with Gasteiger partial charge in [0.25, 0.3) is 5.91 Å². The summed E-state index contributed by atoms with van der Waals surface area (Å²) in [6, 6.07) is 4.64. The third kappa shape index (κ3) is 2.87. The zero-order chi connectivity index (χ0) is 14.7. The van der Waals surface area contributed by atoms with E-state index in [2.05, 4.69) is 15.5 Å². The molecular formula is C13H16N4O3. The van der Waals surface area contributed by atoms with Gasteiger partial charge in [0.1, 0.15) is 11.6 Å². The fraction of sp³-hybridized carbons (Fsp3) is 0.308. The second-order valence-electron chi connectivity index (χ2n) is 4.51. The van der Waals surface area contributed by atoms with E-state index in [-0.39, 0.29) is 17.3 Å². The van der Waals surface area contributed by atoms with Crippen LogP contribution in [0.4, 0.5) is 0 Å². The summed E-state index contributed by atoms with van der Waals surface area (Å²) in [6.45, 7) is 2.15. The van der Waals surface area contributed by atoms with E-state index in [0.29, 0.717) is 24.4 Å². The molecule has 0 atom stereocenters. The SMILES string of the molecule is Cc1ccc(O)cc1C(=O)NCCc1n[nH]c(=O)n1C. The predicted octanol–water partition coefficient (Wildman–Crippen LogP) is 0.0949. The summed E-state index contributed by atoms with van der Waals surface area (Å²) in [4.78, 5) is 23.1. The van der Waals surface area contributed by atoms with Crippen LogP contribution in [0, 0.1) is 6.92 Å². The van der Waals surface area contributed by atoms with E-state index in [1.807, 2.05) is 0 Å². The maximum atomic E-state index is 12.0. The number of aromatic amines is 1. The molecule has 1 heterocycles. The Labute approximate surface area is 115 Å². The lowest BCUT2D eigenvalue weighted by Crippen LogP contribution is -2.27. The summed E-state index contributed by atoms with van der Waals surface area (Å²) in [6.07, 6.45) is 0.443. The summed E-state index contributed by atoms with van der Waals surface area (Å²) in [5.41, 5.74) is 0.934.